The van der Waals surface area contributed by atoms with E-state index in [0.29, 0.717) is 5.92 Å². The molecule has 0 aliphatic carbocycles. The lowest BCUT2D eigenvalue weighted by Crippen LogP contribution is -1.85. The maximum atomic E-state index is 2.27. The molecule has 0 fully saturated rings. The Balaban J connectivity index is 0.000000115. The molecule has 0 N–H and O–H groups in total. The van der Waals surface area contributed by atoms with E-state index < -0.39 is 0 Å². The van der Waals surface area contributed by atoms with Gasteiger partial charge in [-0.2, -0.15) is 0 Å². The molecule has 0 saturated heterocycles. The SMILES string of the molecule is Cc1ccc(C(C)C)cc1.c1ccc2c(c1)ccc1c2ccc2c3ccccc3ccc21.c1ccc2c(c1)ccc1c2ccc2c3ccccc3ccc21. The van der Waals surface area contributed by atoms with Crippen molar-refractivity contribution in [3.63, 3.8) is 0 Å². The van der Waals surface area contributed by atoms with E-state index in [1.807, 2.05) is 0 Å². The van der Waals surface area contributed by atoms with Gasteiger partial charge in [0.05, 0.1) is 0 Å². The Morgan fingerprint density at radius 1 is 0.241 bits per heavy atom. The molecule has 11 rings (SSSR count). The van der Waals surface area contributed by atoms with E-state index in [0.717, 1.165) is 0 Å². The van der Waals surface area contributed by atoms with E-state index in [-0.39, 0.29) is 0 Å². The first-order chi connectivity index (χ1) is 26.5. The van der Waals surface area contributed by atoms with Crippen LogP contribution in [-0.2, 0) is 0 Å². The number of hydrogen-bond acceptors (Lipinski definition) is 0. The van der Waals surface area contributed by atoms with Gasteiger partial charge in [0.25, 0.3) is 0 Å². The standard InChI is InChI=1S/2C22H14.C10H14/c2*1-3-7-17-15(5-1)9-11-21-19(17)13-14-20-18-8-4-2-6-16(18)10-12-22(20)21;1-8(2)10-6-4-9(3)5-7-10/h2*1-14H;4-8H,1-3H3. The van der Waals surface area contributed by atoms with E-state index in [2.05, 4.69) is 215 Å². The van der Waals surface area contributed by atoms with E-state index in [4.69, 9.17) is 0 Å². The minimum Gasteiger partial charge on any atom is -0.0616 e. The summed E-state index contributed by atoms with van der Waals surface area (Å²) in [7, 11) is 0. The first-order valence-corrected chi connectivity index (χ1v) is 19.0. The smallest absolute Gasteiger partial charge is 0.00987 e. The van der Waals surface area contributed by atoms with Crippen molar-refractivity contribution in [2.75, 3.05) is 0 Å². The van der Waals surface area contributed by atoms with E-state index in [1.54, 1.807) is 0 Å². The molecule has 0 nitrogen and oxygen atoms in total. The highest BCUT2D eigenvalue weighted by Gasteiger charge is 2.08. The second kappa shape index (κ2) is 14.1. The zero-order valence-electron chi connectivity index (χ0n) is 31.1. The van der Waals surface area contributed by atoms with Gasteiger partial charge in [0.1, 0.15) is 0 Å². The molecule has 0 heteroatoms. The third kappa shape index (κ3) is 6.10. The van der Waals surface area contributed by atoms with Crippen LogP contribution in [0.4, 0.5) is 0 Å². The first-order valence-electron chi connectivity index (χ1n) is 19.0. The molecule has 0 atom stereocenters. The minimum absolute atomic E-state index is 0.653. The molecule has 11 aromatic rings. The van der Waals surface area contributed by atoms with Crippen LogP contribution in [0.2, 0.25) is 0 Å². The molecule has 0 unspecified atom stereocenters. The van der Waals surface area contributed by atoms with E-state index in [1.165, 1.54) is 97.3 Å². The molecule has 0 aliphatic heterocycles. The van der Waals surface area contributed by atoms with Gasteiger partial charge in [0.2, 0.25) is 0 Å². The Labute approximate surface area is 316 Å². The van der Waals surface area contributed by atoms with Crippen LogP contribution in [-0.4, -0.2) is 0 Å². The summed E-state index contributed by atoms with van der Waals surface area (Å²) in [6.45, 7) is 6.54. The van der Waals surface area contributed by atoms with Crippen molar-refractivity contribution in [1.29, 1.82) is 0 Å². The fourth-order valence-electron chi connectivity index (χ4n) is 8.12. The molecule has 54 heavy (non-hydrogen) atoms. The van der Waals surface area contributed by atoms with Gasteiger partial charge in [-0.05, 0) is 105 Å². The van der Waals surface area contributed by atoms with E-state index >= 15 is 0 Å². The molecule has 0 heterocycles. The highest BCUT2D eigenvalue weighted by Crippen LogP contribution is 2.36. The second-order valence-electron chi connectivity index (χ2n) is 14.7. The van der Waals surface area contributed by atoms with Gasteiger partial charge < -0.3 is 0 Å². The molecule has 11 aromatic carbocycles. The van der Waals surface area contributed by atoms with Crippen LogP contribution in [0.15, 0.2) is 194 Å². The summed E-state index contributed by atoms with van der Waals surface area (Å²) in [5.41, 5.74) is 2.76. The molecule has 0 bridgehead atoms. The maximum Gasteiger partial charge on any atom is -0.00987 e. The number of fused-ring (bicyclic) bond motifs is 14. The maximum absolute atomic E-state index is 2.27. The third-order valence-electron chi connectivity index (χ3n) is 11.0. The van der Waals surface area contributed by atoms with Crippen LogP contribution >= 0.6 is 0 Å². The van der Waals surface area contributed by atoms with Crippen molar-refractivity contribution >= 4 is 86.2 Å². The van der Waals surface area contributed by atoms with Crippen LogP contribution in [0.5, 0.6) is 0 Å². The Morgan fingerprint density at radius 2 is 0.481 bits per heavy atom. The van der Waals surface area contributed by atoms with Crippen molar-refractivity contribution < 1.29 is 0 Å². The van der Waals surface area contributed by atoms with Gasteiger partial charge in [-0.15, -0.1) is 0 Å². The Hall–Kier alpha value is -6.50. The van der Waals surface area contributed by atoms with Crippen LogP contribution in [0.25, 0.3) is 86.2 Å². The van der Waals surface area contributed by atoms with Crippen molar-refractivity contribution in [3.05, 3.63) is 205 Å². The summed E-state index contributed by atoms with van der Waals surface area (Å²) < 4.78 is 0. The lowest BCUT2D eigenvalue weighted by atomic mass is 9.94. The minimum atomic E-state index is 0.653. The van der Waals surface area contributed by atoms with Crippen LogP contribution in [0.3, 0.4) is 0 Å². The summed E-state index contributed by atoms with van der Waals surface area (Å²) in [4.78, 5) is 0. The second-order valence-corrected chi connectivity index (χ2v) is 14.7. The van der Waals surface area contributed by atoms with E-state index in [9.17, 15) is 0 Å². The lowest BCUT2D eigenvalue weighted by Gasteiger charge is -2.09. The van der Waals surface area contributed by atoms with Crippen molar-refractivity contribution in [2.45, 2.75) is 26.7 Å². The number of rotatable bonds is 1. The monoisotopic (exact) mass is 690 g/mol. The quantitative estimate of drug-likeness (QED) is 0.150. The molecule has 0 amide bonds. The van der Waals surface area contributed by atoms with Crippen molar-refractivity contribution in [3.8, 4) is 0 Å². The molecular formula is C54H42. The molecular weight excluding hydrogens is 649 g/mol. The van der Waals surface area contributed by atoms with Gasteiger partial charge in [-0.25, -0.2) is 0 Å². The summed E-state index contributed by atoms with van der Waals surface area (Å²) >= 11 is 0. The summed E-state index contributed by atoms with van der Waals surface area (Å²) in [5, 5.41) is 21.2. The number of aryl methyl sites for hydroxylation is 1. The van der Waals surface area contributed by atoms with Gasteiger partial charge in [0.15, 0.2) is 0 Å². The Kier molecular flexibility index (Phi) is 8.73. The fraction of sp³-hybridized carbons (Fsp3) is 0.0741. The summed E-state index contributed by atoms with van der Waals surface area (Å²) in [6, 6.07) is 70.2. The Bertz CT molecular complexity index is 2750. The average molecular weight is 691 g/mol. The molecule has 258 valence electrons. The molecule has 0 aromatic heterocycles. The molecule has 0 radical (unpaired) electrons. The zero-order valence-corrected chi connectivity index (χ0v) is 31.1. The van der Waals surface area contributed by atoms with Crippen LogP contribution in [0.1, 0.15) is 30.9 Å². The normalized spacial score (nSPS) is 11.4. The van der Waals surface area contributed by atoms with Crippen molar-refractivity contribution in [1.82, 2.24) is 0 Å². The summed E-state index contributed by atoms with van der Waals surface area (Å²) in [5.74, 6) is 0.653. The fourth-order valence-corrected chi connectivity index (χ4v) is 8.12. The van der Waals surface area contributed by atoms with Crippen molar-refractivity contribution in [2.24, 2.45) is 0 Å². The predicted octanol–water partition coefficient (Wildman–Crippen LogP) is 15.7. The van der Waals surface area contributed by atoms with Gasteiger partial charge in [-0.3, -0.25) is 0 Å². The van der Waals surface area contributed by atoms with Crippen LogP contribution in [0, 0.1) is 6.92 Å². The third-order valence-corrected chi connectivity index (χ3v) is 11.0. The van der Waals surface area contributed by atoms with Gasteiger partial charge in [0, 0.05) is 0 Å². The average Bonchev–Trinajstić information content (AvgIpc) is 3.23. The van der Waals surface area contributed by atoms with Gasteiger partial charge in [-0.1, -0.05) is 214 Å². The molecule has 0 spiro atoms. The topological polar surface area (TPSA) is 0 Å². The zero-order chi connectivity index (χ0) is 36.6. The van der Waals surface area contributed by atoms with Gasteiger partial charge >= 0.3 is 0 Å². The highest BCUT2D eigenvalue weighted by molar-refractivity contribution is 6.23. The largest absolute Gasteiger partial charge is 0.0616 e. The first kappa shape index (κ1) is 33.3. The highest BCUT2D eigenvalue weighted by atomic mass is 14.1. The van der Waals surface area contributed by atoms with Crippen LogP contribution < -0.4 is 0 Å². The molecule has 0 aliphatic rings. The number of hydrogen-bond donors (Lipinski definition) is 0. The number of benzene rings is 11. The summed E-state index contributed by atoms with van der Waals surface area (Å²) in [6.07, 6.45) is 0. The predicted molar refractivity (Wildman–Crippen MR) is 238 cm³/mol. The molecule has 0 saturated carbocycles. The lowest BCUT2D eigenvalue weighted by molar-refractivity contribution is 0.866. The Morgan fingerprint density at radius 3 is 0.759 bits per heavy atom.